The van der Waals surface area contributed by atoms with Gasteiger partial charge in [0.25, 0.3) is 0 Å². The average molecular weight is 346 g/mol. The molecule has 7 heteroatoms. The number of nitrogens with one attached hydrogen (secondary N) is 1. The summed E-state index contributed by atoms with van der Waals surface area (Å²) in [4.78, 5) is 18.6. The zero-order chi connectivity index (χ0) is 17.6. The van der Waals surface area contributed by atoms with Crippen molar-refractivity contribution in [3.63, 3.8) is 0 Å². The standard InChI is InChI=1S/C18H26N4O3/c1-3-4-7-16(23)19-14-8-10-22(11-9-14)13(2)18-20-17(21-25-18)15-6-5-12-24-15/h5-6,12-14H,3-4,7-11H2,1-2H3,(H,19,23)/t13-/m0/s1. The van der Waals surface area contributed by atoms with Crippen LogP contribution in [0.1, 0.15) is 57.9 Å². The number of amides is 1. The van der Waals surface area contributed by atoms with E-state index >= 15 is 0 Å². The highest BCUT2D eigenvalue weighted by atomic mass is 16.5. The highest BCUT2D eigenvalue weighted by Crippen LogP contribution is 2.25. The van der Waals surface area contributed by atoms with Crippen molar-refractivity contribution in [1.29, 1.82) is 0 Å². The number of aromatic nitrogens is 2. The van der Waals surface area contributed by atoms with E-state index in [0.717, 1.165) is 38.8 Å². The van der Waals surface area contributed by atoms with Crippen molar-refractivity contribution in [2.45, 2.75) is 58.0 Å². The van der Waals surface area contributed by atoms with Crippen LogP contribution in [0.2, 0.25) is 0 Å². The summed E-state index contributed by atoms with van der Waals surface area (Å²) >= 11 is 0. The fourth-order valence-corrected chi connectivity index (χ4v) is 3.14. The zero-order valence-electron chi connectivity index (χ0n) is 14.9. The Kier molecular flexibility index (Phi) is 5.86. The zero-order valence-corrected chi connectivity index (χ0v) is 14.9. The van der Waals surface area contributed by atoms with Crippen LogP contribution < -0.4 is 5.32 Å². The van der Waals surface area contributed by atoms with Gasteiger partial charge in [0, 0.05) is 25.6 Å². The number of furan rings is 1. The van der Waals surface area contributed by atoms with Crippen molar-refractivity contribution >= 4 is 5.91 Å². The van der Waals surface area contributed by atoms with Gasteiger partial charge in [0.15, 0.2) is 5.76 Å². The molecule has 1 N–H and O–H groups in total. The van der Waals surface area contributed by atoms with Crippen LogP contribution in [0, 0.1) is 0 Å². The summed E-state index contributed by atoms with van der Waals surface area (Å²) < 4.78 is 10.7. The highest BCUT2D eigenvalue weighted by Gasteiger charge is 2.27. The molecular formula is C18H26N4O3. The lowest BCUT2D eigenvalue weighted by Crippen LogP contribution is -2.45. The van der Waals surface area contributed by atoms with Crippen LogP contribution in [0.4, 0.5) is 0 Å². The monoisotopic (exact) mass is 346 g/mol. The fraction of sp³-hybridized carbons (Fsp3) is 0.611. The first-order valence-corrected chi connectivity index (χ1v) is 9.08. The first-order valence-electron chi connectivity index (χ1n) is 9.08. The predicted octanol–water partition coefficient (Wildman–Crippen LogP) is 3.16. The SMILES string of the molecule is CCCCC(=O)NC1CCN([C@@H](C)c2nc(-c3ccco3)no2)CC1. The van der Waals surface area contributed by atoms with Crippen LogP contribution in [0.5, 0.6) is 0 Å². The number of carbonyl (C=O) groups is 1. The molecule has 1 amide bonds. The highest BCUT2D eigenvalue weighted by molar-refractivity contribution is 5.76. The molecule has 136 valence electrons. The van der Waals surface area contributed by atoms with Crippen LogP contribution >= 0.6 is 0 Å². The molecule has 2 aromatic heterocycles. The lowest BCUT2D eigenvalue weighted by molar-refractivity contribution is -0.122. The second-order valence-electron chi connectivity index (χ2n) is 6.59. The van der Waals surface area contributed by atoms with Gasteiger partial charge in [0.05, 0.1) is 12.3 Å². The maximum Gasteiger partial charge on any atom is 0.244 e. The normalized spacial score (nSPS) is 17.5. The molecule has 0 aromatic carbocycles. The number of likely N-dealkylation sites (tertiary alicyclic amines) is 1. The van der Waals surface area contributed by atoms with Gasteiger partial charge in [-0.05, 0) is 38.3 Å². The molecule has 3 heterocycles. The van der Waals surface area contributed by atoms with Crippen LogP contribution in [0.25, 0.3) is 11.6 Å². The van der Waals surface area contributed by atoms with Gasteiger partial charge in [-0.15, -0.1) is 0 Å². The summed E-state index contributed by atoms with van der Waals surface area (Å²) in [5.41, 5.74) is 0. The van der Waals surface area contributed by atoms with Gasteiger partial charge >= 0.3 is 0 Å². The Bertz CT molecular complexity index is 660. The van der Waals surface area contributed by atoms with Gasteiger partial charge < -0.3 is 14.3 Å². The quantitative estimate of drug-likeness (QED) is 0.829. The lowest BCUT2D eigenvalue weighted by atomic mass is 10.0. The Morgan fingerprint density at radius 1 is 1.44 bits per heavy atom. The molecular weight excluding hydrogens is 320 g/mol. The number of rotatable bonds is 7. The smallest absolute Gasteiger partial charge is 0.244 e. The third kappa shape index (κ3) is 4.48. The minimum atomic E-state index is 0.0490. The molecule has 0 radical (unpaired) electrons. The number of unbranched alkanes of at least 4 members (excludes halogenated alkanes) is 1. The number of piperidine rings is 1. The summed E-state index contributed by atoms with van der Waals surface area (Å²) in [6, 6.07) is 3.93. The van der Waals surface area contributed by atoms with Gasteiger partial charge in [0.1, 0.15) is 0 Å². The molecule has 0 bridgehead atoms. The number of nitrogens with zero attached hydrogens (tertiary/aromatic N) is 3. The summed E-state index contributed by atoms with van der Waals surface area (Å²) in [6.07, 6.45) is 6.12. The Hall–Kier alpha value is -2.15. The van der Waals surface area contributed by atoms with E-state index in [9.17, 15) is 4.79 Å². The number of hydrogen-bond acceptors (Lipinski definition) is 6. The van der Waals surface area contributed by atoms with Crippen molar-refractivity contribution in [3.05, 3.63) is 24.3 Å². The van der Waals surface area contributed by atoms with Crippen molar-refractivity contribution in [2.24, 2.45) is 0 Å². The van der Waals surface area contributed by atoms with Crippen LogP contribution in [0.15, 0.2) is 27.3 Å². The molecule has 1 atom stereocenters. The van der Waals surface area contributed by atoms with E-state index in [2.05, 4.69) is 34.2 Å². The van der Waals surface area contributed by atoms with E-state index in [1.54, 1.807) is 12.3 Å². The van der Waals surface area contributed by atoms with Crippen LogP contribution in [0.3, 0.4) is 0 Å². The van der Waals surface area contributed by atoms with Gasteiger partial charge in [-0.2, -0.15) is 4.98 Å². The first kappa shape index (κ1) is 17.7. The lowest BCUT2D eigenvalue weighted by Gasteiger charge is -2.34. The molecule has 25 heavy (non-hydrogen) atoms. The second-order valence-corrected chi connectivity index (χ2v) is 6.59. The summed E-state index contributed by atoms with van der Waals surface area (Å²) in [5.74, 6) is 1.85. The van der Waals surface area contributed by atoms with E-state index in [1.165, 1.54) is 0 Å². The van der Waals surface area contributed by atoms with Gasteiger partial charge in [0.2, 0.25) is 17.6 Å². The molecule has 0 unspecified atom stereocenters. The van der Waals surface area contributed by atoms with Crippen molar-refractivity contribution in [3.8, 4) is 11.6 Å². The first-order chi connectivity index (χ1) is 12.2. The molecule has 0 spiro atoms. The van der Waals surface area contributed by atoms with E-state index in [0.29, 0.717) is 23.9 Å². The van der Waals surface area contributed by atoms with Crippen molar-refractivity contribution in [2.75, 3.05) is 13.1 Å². The van der Waals surface area contributed by atoms with Gasteiger partial charge in [-0.1, -0.05) is 18.5 Å². The molecule has 1 fully saturated rings. The average Bonchev–Trinajstić information content (AvgIpc) is 3.31. The third-order valence-corrected chi connectivity index (χ3v) is 4.74. The third-order valence-electron chi connectivity index (χ3n) is 4.74. The van der Waals surface area contributed by atoms with E-state index in [4.69, 9.17) is 8.94 Å². The predicted molar refractivity (Wildman–Crippen MR) is 92.7 cm³/mol. The second kappa shape index (κ2) is 8.29. The molecule has 1 saturated heterocycles. The molecule has 1 aliphatic rings. The minimum absolute atomic E-state index is 0.0490. The Morgan fingerprint density at radius 2 is 2.24 bits per heavy atom. The Labute approximate surface area is 147 Å². The molecule has 2 aromatic rings. The number of hydrogen-bond donors (Lipinski definition) is 1. The van der Waals surface area contributed by atoms with Crippen LogP contribution in [-0.2, 0) is 4.79 Å². The number of carbonyl (C=O) groups excluding carboxylic acids is 1. The van der Waals surface area contributed by atoms with Gasteiger partial charge in [-0.3, -0.25) is 9.69 Å². The minimum Gasteiger partial charge on any atom is -0.461 e. The molecule has 3 rings (SSSR count). The topological polar surface area (TPSA) is 84.4 Å². The van der Waals surface area contributed by atoms with E-state index < -0.39 is 0 Å². The summed E-state index contributed by atoms with van der Waals surface area (Å²) in [5, 5.41) is 7.14. The van der Waals surface area contributed by atoms with E-state index in [1.807, 2.05) is 6.07 Å². The van der Waals surface area contributed by atoms with Crippen molar-refractivity contribution in [1.82, 2.24) is 20.4 Å². The molecule has 7 nitrogen and oxygen atoms in total. The Morgan fingerprint density at radius 3 is 2.92 bits per heavy atom. The molecule has 1 aliphatic heterocycles. The summed E-state index contributed by atoms with van der Waals surface area (Å²) in [6.45, 7) is 5.97. The van der Waals surface area contributed by atoms with Crippen LogP contribution in [-0.4, -0.2) is 40.1 Å². The largest absolute Gasteiger partial charge is 0.461 e. The van der Waals surface area contributed by atoms with Gasteiger partial charge in [-0.25, -0.2) is 0 Å². The maximum absolute atomic E-state index is 11.9. The molecule has 0 saturated carbocycles. The Balaban J connectivity index is 1.50. The van der Waals surface area contributed by atoms with Crippen molar-refractivity contribution < 1.29 is 13.7 Å². The molecule has 0 aliphatic carbocycles. The maximum atomic E-state index is 11.9. The fourth-order valence-electron chi connectivity index (χ4n) is 3.14. The summed E-state index contributed by atoms with van der Waals surface area (Å²) in [7, 11) is 0. The van der Waals surface area contributed by atoms with E-state index in [-0.39, 0.29) is 18.0 Å².